The van der Waals surface area contributed by atoms with E-state index >= 15 is 0 Å². The molecule has 0 aliphatic rings. The lowest BCUT2D eigenvalue weighted by Crippen LogP contribution is -2.30. The van der Waals surface area contributed by atoms with Gasteiger partial charge in [0.25, 0.3) is 0 Å². The molecular formula is C17H29NO3. The third-order valence-corrected chi connectivity index (χ3v) is 3.47. The van der Waals surface area contributed by atoms with Gasteiger partial charge in [-0.2, -0.15) is 0 Å². The van der Waals surface area contributed by atoms with E-state index in [0.717, 1.165) is 37.2 Å². The van der Waals surface area contributed by atoms with Gasteiger partial charge in [0.15, 0.2) is 0 Å². The highest BCUT2D eigenvalue weighted by Crippen LogP contribution is 2.24. The summed E-state index contributed by atoms with van der Waals surface area (Å²) in [6.07, 6.45) is 3.01. The summed E-state index contributed by atoms with van der Waals surface area (Å²) in [5.41, 5.74) is 7.27. The molecule has 21 heavy (non-hydrogen) atoms. The largest absolute Gasteiger partial charge is 0.497 e. The first kappa shape index (κ1) is 18.0. The summed E-state index contributed by atoms with van der Waals surface area (Å²) in [6.45, 7) is 6.20. The number of unbranched alkanes of at least 4 members (excludes halogenated alkanes) is 1. The fourth-order valence-corrected chi connectivity index (χ4v) is 2.06. The fraction of sp³-hybridized carbons (Fsp3) is 0.647. The average molecular weight is 295 g/mol. The molecule has 1 rings (SSSR count). The Hall–Kier alpha value is -1.10. The molecule has 0 radical (unpaired) electrons. The van der Waals surface area contributed by atoms with E-state index in [0.29, 0.717) is 13.2 Å². The van der Waals surface area contributed by atoms with Crippen LogP contribution in [0.5, 0.6) is 5.75 Å². The Balaban J connectivity index is 2.51. The minimum Gasteiger partial charge on any atom is -0.497 e. The highest BCUT2D eigenvalue weighted by atomic mass is 16.5. The van der Waals surface area contributed by atoms with Gasteiger partial charge in [-0.3, -0.25) is 0 Å². The molecule has 1 aromatic rings. The van der Waals surface area contributed by atoms with Crippen LogP contribution in [0.25, 0.3) is 0 Å². The van der Waals surface area contributed by atoms with Gasteiger partial charge in [0.1, 0.15) is 5.75 Å². The Morgan fingerprint density at radius 2 is 1.76 bits per heavy atom. The summed E-state index contributed by atoms with van der Waals surface area (Å²) in [7, 11) is 1.66. The Morgan fingerprint density at radius 3 is 2.33 bits per heavy atom. The molecule has 120 valence electrons. The van der Waals surface area contributed by atoms with Crippen molar-refractivity contribution in [2.75, 3.05) is 26.9 Å². The molecule has 0 bridgehead atoms. The first-order valence-corrected chi connectivity index (χ1v) is 7.81. The maximum Gasteiger partial charge on any atom is 0.118 e. The second kappa shape index (κ2) is 10.6. The summed E-state index contributed by atoms with van der Waals surface area (Å²) in [6, 6.07) is 7.87. The first-order chi connectivity index (χ1) is 10.2. The Morgan fingerprint density at radius 1 is 1.05 bits per heavy atom. The zero-order valence-electron chi connectivity index (χ0n) is 13.5. The number of hydrogen-bond acceptors (Lipinski definition) is 4. The van der Waals surface area contributed by atoms with Gasteiger partial charge in [0.2, 0.25) is 0 Å². The van der Waals surface area contributed by atoms with Crippen molar-refractivity contribution in [2.24, 2.45) is 5.73 Å². The number of hydrogen-bond donors (Lipinski definition) is 1. The van der Waals surface area contributed by atoms with Crippen LogP contribution in [0.3, 0.4) is 0 Å². The average Bonchev–Trinajstić information content (AvgIpc) is 2.54. The molecule has 1 aromatic carbocycles. The summed E-state index contributed by atoms with van der Waals surface area (Å²) in [5.74, 6) is 0.838. The van der Waals surface area contributed by atoms with Crippen LogP contribution >= 0.6 is 0 Å². The summed E-state index contributed by atoms with van der Waals surface area (Å²) < 4.78 is 16.6. The topological polar surface area (TPSA) is 53.7 Å². The van der Waals surface area contributed by atoms with Crippen LogP contribution in [0, 0.1) is 0 Å². The molecule has 2 N–H and O–H groups in total. The van der Waals surface area contributed by atoms with Crippen LogP contribution < -0.4 is 10.5 Å². The van der Waals surface area contributed by atoms with Gasteiger partial charge in [-0.25, -0.2) is 0 Å². The lowest BCUT2D eigenvalue weighted by molar-refractivity contribution is -0.00822. The molecule has 0 spiro atoms. The predicted octanol–water partition coefficient (Wildman–Crippen LogP) is 3.31. The van der Waals surface area contributed by atoms with Crippen molar-refractivity contribution in [3.05, 3.63) is 29.8 Å². The first-order valence-electron chi connectivity index (χ1n) is 7.81. The van der Waals surface area contributed by atoms with E-state index in [1.165, 1.54) is 0 Å². The minimum absolute atomic E-state index is 0.0194. The van der Waals surface area contributed by atoms with Crippen molar-refractivity contribution in [1.82, 2.24) is 0 Å². The van der Waals surface area contributed by atoms with Crippen molar-refractivity contribution < 1.29 is 14.2 Å². The van der Waals surface area contributed by atoms with Crippen LogP contribution in [0.4, 0.5) is 0 Å². The van der Waals surface area contributed by atoms with Crippen molar-refractivity contribution >= 4 is 0 Å². The third-order valence-electron chi connectivity index (χ3n) is 3.47. The van der Waals surface area contributed by atoms with Gasteiger partial charge in [0.05, 0.1) is 26.4 Å². The van der Waals surface area contributed by atoms with Crippen molar-refractivity contribution in [1.29, 1.82) is 0 Å². The number of nitrogens with two attached hydrogens (primary N) is 1. The van der Waals surface area contributed by atoms with Gasteiger partial charge in [-0.05, 0) is 30.5 Å². The van der Waals surface area contributed by atoms with Gasteiger partial charge >= 0.3 is 0 Å². The number of ether oxygens (including phenoxy) is 3. The van der Waals surface area contributed by atoms with E-state index in [-0.39, 0.29) is 12.1 Å². The predicted molar refractivity (Wildman–Crippen MR) is 85.7 cm³/mol. The second-order valence-corrected chi connectivity index (χ2v) is 5.10. The van der Waals surface area contributed by atoms with E-state index in [2.05, 4.69) is 13.8 Å². The van der Waals surface area contributed by atoms with Crippen LogP contribution in [0.2, 0.25) is 0 Å². The lowest BCUT2D eigenvalue weighted by Gasteiger charge is -2.24. The van der Waals surface area contributed by atoms with Gasteiger partial charge < -0.3 is 19.9 Å². The van der Waals surface area contributed by atoms with Crippen LogP contribution in [-0.4, -0.2) is 33.0 Å². The molecule has 4 nitrogen and oxygen atoms in total. The lowest BCUT2D eigenvalue weighted by atomic mass is 10.0. The summed E-state index contributed by atoms with van der Waals surface area (Å²) >= 11 is 0. The zero-order valence-corrected chi connectivity index (χ0v) is 13.5. The monoisotopic (exact) mass is 295 g/mol. The van der Waals surface area contributed by atoms with E-state index in [9.17, 15) is 0 Å². The Labute approximate surface area is 128 Å². The highest BCUT2D eigenvalue weighted by Gasteiger charge is 2.19. The number of methoxy groups -OCH3 is 1. The van der Waals surface area contributed by atoms with Crippen molar-refractivity contribution in [3.8, 4) is 5.75 Å². The summed E-state index contributed by atoms with van der Waals surface area (Å²) in [4.78, 5) is 0. The van der Waals surface area contributed by atoms with E-state index in [4.69, 9.17) is 19.9 Å². The van der Waals surface area contributed by atoms with Crippen molar-refractivity contribution in [3.63, 3.8) is 0 Å². The zero-order chi connectivity index (χ0) is 15.5. The Bertz CT molecular complexity index is 367. The standard InChI is InChI=1S/C17H29NO3/c1-4-6-11-20-12-13-21-17(16(18)5-2)14-7-9-15(19-3)10-8-14/h7-10,16-17H,4-6,11-13,18H2,1-3H3. The Kier molecular flexibility index (Phi) is 9.06. The molecule has 2 atom stereocenters. The molecule has 0 aliphatic carbocycles. The van der Waals surface area contributed by atoms with Crippen LogP contribution in [0.1, 0.15) is 44.8 Å². The molecule has 2 unspecified atom stereocenters. The molecular weight excluding hydrogens is 266 g/mol. The second-order valence-electron chi connectivity index (χ2n) is 5.10. The normalized spacial score (nSPS) is 13.9. The number of benzene rings is 1. The molecule has 0 fully saturated rings. The van der Waals surface area contributed by atoms with E-state index in [1.54, 1.807) is 7.11 Å². The molecule has 0 heterocycles. The van der Waals surface area contributed by atoms with Crippen LogP contribution in [-0.2, 0) is 9.47 Å². The number of rotatable bonds is 11. The fourth-order valence-electron chi connectivity index (χ4n) is 2.06. The van der Waals surface area contributed by atoms with Crippen molar-refractivity contribution in [2.45, 2.75) is 45.3 Å². The maximum absolute atomic E-state index is 6.19. The smallest absolute Gasteiger partial charge is 0.118 e. The maximum atomic E-state index is 6.19. The quantitative estimate of drug-likeness (QED) is 0.636. The molecule has 0 saturated carbocycles. The van der Waals surface area contributed by atoms with Crippen LogP contribution in [0.15, 0.2) is 24.3 Å². The minimum atomic E-state index is -0.101. The van der Waals surface area contributed by atoms with Gasteiger partial charge in [0, 0.05) is 12.6 Å². The van der Waals surface area contributed by atoms with Gasteiger partial charge in [-0.1, -0.05) is 32.4 Å². The highest BCUT2D eigenvalue weighted by molar-refractivity contribution is 5.29. The molecule has 0 aromatic heterocycles. The molecule has 0 amide bonds. The summed E-state index contributed by atoms with van der Waals surface area (Å²) in [5, 5.41) is 0. The van der Waals surface area contributed by atoms with E-state index in [1.807, 2.05) is 24.3 Å². The van der Waals surface area contributed by atoms with E-state index < -0.39 is 0 Å². The molecule has 0 saturated heterocycles. The van der Waals surface area contributed by atoms with Gasteiger partial charge in [-0.15, -0.1) is 0 Å². The molecule has 0 aliphatic heterocycles. The third kappa shape index (κ3) is 6.46. The SMILES string of the molecule is CCCCOCCOC(c1ccc(OC)cc1)C(N)CC. The molecule has 4 heteroatoms.